The van der Waals surface area contributed by atoms with Gasteiger partial charge in [0.25, 0.3) is 11.6 Å². The van der Waals surface area contributed by atoms with Crippen molar-refractivity contribution in [3.8, 4) is 0 Å². The minimum Gasteiger partial charge on any atom is -0.393 e. The van der Waals surface area contributed by atoms with Gasteiger partial charge in [0, 0.05) is 19.7 Å². The second kappa shape index (κ2) is 6.04. The fourth-order valence-corrected chi connectivity index (χ4v) is 2.55. The standard InChI is InChI=1S/C13H19N3O4/c1-15-8-10(16(19)20)6-12(15)13(18)14-7-9-2-4-11(17)5-3-9/h6,8-9,11,17H,2-5,7H2,1H3,(H,14,18). The van der Waals surface area contributed by atoms with Crippen LogP contribution >= 0.6 is 0 Å². The summed E-state index contributed by atoms with van der Waals surface area (Å²) in [6, 6.07) is 1.28. The molecule has 7 nitrogen and oxygen atoms in total. The van der Waals surface area contributed by atoms with E-state index in [1.165, 1.54) is 16.8 Å². The van der Waals surface area contributed by atoms with Gasteiger partial charge >= 0.3 is 0 Å². The van der Waals surface area contributed by atoms with Crippen molar-refractivity contribution in [1.82, 2.24) is 9.88 Å². The first-order valence-corrected chi connectivity index (χ1v) is 6.74. The van der Waals surface area contributed by atoms with Crippen molar-refractivity contribution in [2.24, 2.45) is 13.0 Å². The maximum absolute atomic E-state index is 12.0. The summed E-state index contributed by atoms with van der Waals surface area (Å²) in [4.78, 5) is 22.2. The number of carbonyl (C=O) groups is 1. The van der Waals surface area contributed by atoms with Crippen LogP contribution < -0.4 is 5.32 Å². The molecule has 1 fully saturated rings. The number of aryl methyl sites for hydroxylation is 1. The number of hydrogen-bond donors (Lipinski definition) is 2. The van der Waals surface area contributed by atoms with Gasteiger partial charge in [0.1, 0.15) is 5.69 Å². The topological polar surface area (TPSA) is 97.4 Å². The van der Waals surface area contributed by atoms with Crippen molar-refractivity contribution in [2.45, 2.75) is 31.8 Å². The first-order chi connectivity index (χ1) is 9.47. The summed E-state index contributed by atoms with van der Waals surface area (Å²) in [5, 5.41) is 22.9. The normalized spacial score (nSPS) is 22.5. The molecule has 1 aliphatic rings. The maximum atomic E-state index is 12.0. The molecule has 1 aromatic heterocycles. The Morgan fingerprint density at radius 1 is 1.50 bits per heavy atom. The van der Waals surface area contributed by atoms with Crippen molar-refractivity contribution in [3.63, 3.8) is 0 Å². The molecule has 1 aromatic rings. The molecule has 7 heteroatoms. The van der Waals surface area contributed by atoms with Crippen LogP contribution in [0, 0.1) is 16.0 Å². The van der Waals surface area contributed by atoms with Crippen molar-refractivity contribution >= 4 is 11.6 Å². The molecule has 1 saturated carbocycles. The van der Waals surface area contributed by atoms with Gasteiger partial charge in [0.15, 0.2) is 0 Å². The summed E-state index contributed by atoms with van der Waals surface area (Å²) in [7, 11) is 1.61. The molecule has 0 bridgehead atoms. The number of amides is 1. The predicted molar refractivity (Wildman–Crippen MR) is 72.4 cm³/mol. The van der Waals surface area contributed by atoms with Crippen molar-refractivity contribution in [3.05, 3.63) is 28.1 Å². The Hall–Kier alpha value is -1.89. The number of hydrogen-bond acceptors (Lipinski definition) is 4. The fourth-order valence-electron chi connectivity index (χ4n) is 2.55. The third-order valence-electron chi connectivity index (χ3n) is 3.80. The molecule has 110 valence electrons. The highest BCUT2D eigenvalue weighted by Gasteiger charge is 2.21. The van der Waals surface area contributed by atoms with E-state index in [1.54, 1.807) is 7.05 Å². The number of nitrogens with zero attached hydrogens (tertiary/aromatic N) is 2. The lowest BCUT2D eigenvalue weighted by Crippen LogP contribution is -2.32. The number of rotatable bonds is 4. The number of aromatic nitrogens is 1. The van der Waals surface area contributed by atoms with Crippen LogP contribution in [0.25, 0.3) is 0 Å². The number of aliphatic hydroxyl groups excluding tert-OH is 1. The van der Waals surface area contributed by atoms with E-state index in [2.05, 4.69) is 5.32 Å². The molecule has 1 heterocycles. The van der Waals surface area contributed by atoms with Gasteiger partial charge in [-0.05, 0) is 31.6 Å². The lowest BCUT2D eigenvalue weighted by atomic mass is 9.87. The molecule has 0 saturated heterocycles. The predicted octanol–water partition coefficient (Wildman–Crippen LogP) is 1.21. The van der Waals surface area contributed by atoms with Gasteiger partial charge in [0.2, 0.25) is 0 Å². The second-order valence-corrected chi connectivity index (χ2v) is 5.34. The average molecular weight is 281 g/mol. The van der Waals surface area contributed by atoms with Gasteiger partial charge in [-0.1, -0.05) is 0 Å². The van der Waals surface area contributed by atoms with Crippen LogP contribution in [0.2, 0.25) is 0 Å². The van der Waals surface area contributed by atoms with E-state index >= 15 is 0 Å². The van der Waals surface area contributed by atoms with E-state index in [9.17, 15) is 20.0 Å². The lowest BCUT2D eigenvalue weighted by molar-refractivity contribution is -0.384. The molecule has 0 atom stereocenters. The summed E-state index contributed by atoms with van der Waals surface area (Å²) in [6.07, 6.45) is 4.46. The molecule has 2 rings (SSSR count). The van der Waals surface area contributed by atoms with E-state index in [-0.39, 0.29) is 23.4 Å². The monoisotopic (exact) mass is 281 g/mol. The summed E-state index contributed by atoms with van der Waals surface area (Å²) >= 11 is 0. The Morgan fingerprint density at radius 3 is 2.70 bits per heavy atom. The Bertz CT molecular complexity index is 504. The lowest BCUT2D eigenvalue weighted by Gasteiger charge is -2.25. The highest BCUT2D eigenvalue weighted by molar-refractivity contribution is 5.93. The maximum Gasteiger partial charge on any atom is 0.287 e. The van der Waals surface area contributed by atoms with Crippen LogP contribution in [0.15, 0.2) is 12.3 Å². The Morgan fingerprint density at radius 2 is 2.15 bits per heavy atom. The summed E-state index contributed by atoms with van der Waals surface area (Å²) in [6.45, 7) is 0.546. The van der Waals surface area contributed by atoms with E-state index in [1.807, 2.05) is 0 Å². The highest BCUT2D eigenvalue weighted by atomic mass is 16.6. The number of carbonyl (C=O) groups excluding carboxylic acids is 1. The first-order valence-electron chi connectivity index (χ1n) is 6.74. The van der Waals surface area contributed by atoms with Crippen molar-refractivity contribution < 1.29 is 14.8 Å². The van der Waals surface area contributed by atoms with Crippen LogP contribution in [0.1, 0.15) is 36.2 Å². The summed E-state index contributed by atoms with van der Waals surface area (Å²) < 4.78 is 1.46. The van der Waals surface area contributed by atoms with Crippen molar-refractivity contribution in [2.75, 3.05) is 6.54 Å². The van der Waals surface area contributed by atoms with Crippen LogP contribution in [0.5, 0.6) is 0 Å². The van der Waals surface area contributed by atoms with Gasteiger partial charge in [-0.15, -0.1) is 0 Å². The van der Waals surface area contributed by atoms with E-state index in [0.717, 1.165) is 25.7 Å². The van der Waals surface area contributed by atoms with Gasteiger partial charge in [-0.2, -0.15) is 0 Å². The first kappa shape index (κ1) is 14.5. The van der Waals surface area contributed by atoms with Gasteiger partial charge in [-0.3, -0.25) is 14.9 Å². The summed E-state index contributed by atoms with van der Waals surface area (Å²) in [5.74, 6) is 0.0735. The molecule has 1 aliphatic carbocycles. The Balaban J connectivity index is 1.90. The van der Waals surface area contributed by atoms with Crippen LogP contribution in [-0.4, -0.2) is 33.2 Å². The molecule has 0 unspecified atom stereocenters. The van der Waals surface area contributed by atoms with E-state index < -0.39 is 4.92 Å². The van der Waals surface area contributed by atoms with E-state index in [4.69, 9.17) is 0 Å². The number of nitrogens with one attached hydrogen (secondary N) is 1. The number of nitro groups is 1. The molecule has 0 aliphatic heterocycles. The molecular formula is C13H19N3O4. The molecule has 2 N–H and O–H groups in total. The van der Waals surface area contributed by atoms with Crippen LogP contribution in [0.3, 0.4) is 0 Å². The SMILES string of the molecule is Cn1cc([N+](=O)[O-])cc1C(=O)NCC1CCC(O)CC1. The Kier molecular flexibility index (Phi) is 4.39. The van der Waals surface area contributed by atoms with Crippen molar-refractivity contribution in [1.29, 1.82) is 0 Å². The smallest absolute Gasteiger partial charge is 0.287 e. The quantitative estimate of drug-likeness (QED) is 0.640. The average Bonchev–Trinajstić information content (AvgIpc) is 2.80. The number of aliphatic hydroxyl groups is 1. The zero-order valence-corrected chi connectivity index (χ0v) is 11.4. The zero-order chi connectivity index (χ0) is 14.7. The molecule has 0 radical (unpaired) electrons. The zero-order valence-electron chi connectivity index (χ0n) is 11.4. The molecule has 1 amide bonds. The summed E-state index contributed by atoms with van der Waals surface area (Å²) in [5.41, 5.74) is 0.200. The molecular weight excluding hydrogens is 262 g/mol. The van der Waals surface area contributed by atoms with Gasteiger partial charge < -0.3 is 15.0 Å². The molecule has 0 spiro atoms. The second-order valence-electron chi connectivity index (χ2n) is 5.34. The van der Waals surface area contributed by atoms with Gasteiger partial charge in [0.05, 0.1) is 17.2 Å². The third-order valence-corrected chi connectivity index (χ3v) is 3.80. The minimum atomic E-state index is -0.515. The van der Waals surface area contributed by atoms with E-state index in [0.29, 0.717) is 12.5 Å². The molecule has 0 aromatic carbocycles. The Labute approximate surface area is 116 Å². The molecule has 20 heavy (non-hydrogen) atoms. The fraction of sp³-hybridized carbons (Fsp3) is 0.615. The largest absolute Gasteiger partial charge is 0.393 e. The van der Waals surface area contributed by atoms with Gasteiger partial charge in [-0.25, -0.2) is 0 Å². The van der Waals surface area contributed by atoms with Crippen LogP contribution in [0.4, 0.5) is 5.69 Å². The highest BCUT2D eigenvalue weighted by Crippen LogP contribution is 2.23. The van der Waals surface area contributed by atoms with Crippen LogP contribution in [-0.2, 0) is 7.05 Å². The minimum absolute atomic E-state index is 0.0848. The third kappa shape index (κ3) is 3.36.